The van der Waals surface area contributed by atoms with Gasteiger partial charge in [-0.05, 0) is 35.4 Å². The van der Waals surface area contributed by atoms with Crippen LogP contribution in [0.3, 0.4) is 0 Å². The molecule has 6 heteroatoms. The molecule has 2 aromatic heterocycles. The quantitative estimate of drug-likeness (QED) is 0.681. The number of H-pyrrole nitrogens is 1. The maximum atomic E-state index is 12.1. The van der Waals surface area contributed by atoms with Crippen LogP contribution < -0.4 is 4.74 Å². The minimum Gasteiger partial charge on any atom is -0.478 e. The van der Waals surface area contributed by atoms with Gasteiger partial charge in [0.2, 0.25) is 5.60 Å². The highest BCUT2D eigenvalue weighted by atomic mass is 32.1. The maximum Gasteiger partial charge on any atom is 0.352 e. The van der Waals surface area contributed by atoms with Gasteiger partial charge in [0.15, 0.2) is 0 Å². The summed E-state index contributed by atoms with van der Waals surface area (Å²) in [6.07, 6.45) is 3.71. The number of fused-ring (bicyclic) bond motifs is 1. The summed E-state index contributed by atoms with van der Waals surface area (Å²) in [6.45, 7) is 2.04. The zero-order valence-electron chi connectivity index (χ0n) is 12.8. The van der Waals surface area contributed by atoms with E-state index < -0.39 is 11.6 Å². The molecule has 0 radical (unpaired) electrons. The fraction of sp³-hybridized carbons (Fsp3) is 0.294. The van der Waals surface area contributed by atoms with Crippen molar-refractivity contribution in [2.45, 2.75) is 31.8 Å². The lowest BCUT2D eigenvalue weighted by Gasteiger charge is -2.30. The Morgan fingerprint density at radius 1 is 1.43 bits per heavy atom. The van der Waals surface area contributed by atoms with Crippen molar-refractivity contribution in [2.24, 2.45) is 0 Å². The number of nitrogens with zero attached hydrogens (tertiary/aromatic N) is 1. The van der Waals surface area contributed by atoms with E-state index in [1.165, 1.54) is 11.3 Å². The highest BCUT2D eigenvalue weighted by Crippen LogP contribution is 2.35. The molecule has 23 heavy (non-hydrogen) atoms. The number of nitrogens with one attached hydrogen (secondary N) is 1. The van der Waals surface area contributed by atoms with Crippen molar-refractivity contribution in [1.29, 1.82) is 0 Å². The van der Waals surface area contributed by atoms with E-state index in [0.717, 1.165) is 23.9 Å². The summed E-state index contributed by atoms with van der Waals surface area (Å²) >= 11 is 1.47. The Kier molecular flexibility index (Phi) is 4.34. The van der Waals surface area contributed by atoms with Crippen molar-refractivity contribution >= 4 is 28.3 Å². The number of ether oxygens (including phenoxy) is 1. The fourth-order valence-electron chi connectivity index (χ4n) is 2.63. The van der Waals surface area contributed by atoms with E-state index in [0.29, 0.717) is 17.7 Å². The number of aromatic nitrogens is 2. The minimum atomic E-state index is -1.36. The van der Waals surface area contributed by atoms with Crippen LogP contribution in [-0.4, -0.2) is 21.0 Å². The van der Waals surface area contributed by atoms with E-state index in [-0.39, 0.29) is 0 Å². The molecule has 2 heterocycles. The summed E-state index contributed by atoms with van der Waals surface area (Å²) in [5, 5.41) is 13.6. The molecule has 0 bridgehead atoms. The van der Waals surface area contributed by atoms with Crippen LogP contribution in [-0.2, 0) is 10.4 Å². The molecule has 2 N–H and O–H groups in total. The van der Waals surface area contributed by atoms with Crippen LogP contribution in [0.15, 0.2) is 41.4 Å². The van der Waals surface area contributed by atoms with Gasteiger partial charge in [-0.3, -0.25) is 0 Å². The lowest BCUT2D eigenvalue weighted by atomic mass is 9.90. The zero-order chi connectivity index (χ0) is 16.3. The van der Waals surface area contributed by atoms with Crippen LogP contribution in [0.25, 0.3) is 11.0 Å². The van der Waals surface area contributed by atoms with Crippen LogP contribution in [0.5, 0.6) is 5.75 Å². The number of hydrogen-bond donors (Lipinski definition) is 2. The van der Waals surface area contributed by atoms with Gasteiger partial charge in [-0.15, -0.1) is 0 Å². The Hall–Kier alpha value is -2.34. The Bertz CT molecular complexity index is 797. The molecule has 1 unspecified atom stereocenters. The molecule has 1 aromatic carbocycles. The third-order valence-corrected chi connectivity index (χ3v) is 4.58. The number of hydrogen-bond acceptors (Lipinski definition) is 4. The van der Waals surface area contributed by atoms with E-state index >= 15 is 0 Å². The number of benzene rings is 1. The topological polar surface area (TPSA) is 75.2 Å². The van der Waals surface area contributed by atoms with Gasteiger partial charge < -0.3 is 14.8 Å². The molecule has 0 aliphatic heterocycles. The van der Waals surface area contributed by atoms with E-state index in [4.69, 9.17) is 4.74 Å². The molecule has 0 amide bonds. The first-order valence-electron chi connectivity index (χ1n) is 7.54. The summed E-state index contributed by atoms with van der Waals surface area (Å²) in [5.41, 5.74) is 0.974. The lowest BCUT2D eigenvalue weighted by molar-refractivity contribution is -0.157. The van der Waals surface area contributed by atoms with E-state index in [1.807, 2.05) is 29.8 Å². The molecule has 0 saturated carbocycles. The number of carbonyl (C=O) groups is 1. The van der Waals surface area contributed by atoms with Gasteiger partial charge in [-0.1, -0.05) is 13.3 Å². The Labute approximate surface area is 137 Å². The van der Waals surface area contributed by atoms with E-state index in [1.54, 1.807) is 18.5 Å². The van der Waals surface area contributed by atoms with Crippen LogP contribution in [0.2, 0.25) is 0 Å². The van der Waals surface area contributed by atoms with Gasteiger partial charge >= 0.3 is 5.97 Å². The van der Waals surface area contributed by atoms with E-state index in [2.05, 4.69) is 9.97 Å². The second-order valence-corrected chi connectivity index (χ2v) is 6.21. The SMILES string of the molecule is CCCCC(Oc1ccc2nc[nH]c2c1)(C(=O)O)c1ccsc1. The van der Waals surface area contributed by atoms with Crippen molar-refractivity contribution < 1.29 is 14.6 Å². The highest BCUT2D eigenvalue weighted by molar-refractivity contribution is 7.08. The smallest absolute Gasteiger partial charge is 0.352 e. The number of aliphatic carboxylic acids is 1. The first-order valence-corrected chi connectivity index (χ1v) is 8.48. The van der Waals surface area contributed by atoms with Crippen molar-refractivity contribution in [2.75, 3.05) is 0 Å². The monoisotopic (exact) mass is 330 g/mol. The number of imidazole rings is 1. The molecule has 120 valence electrons. The molecule has 3 rings (SSSR count). The molecule has 5 nitrogen and oxygen atoms in total. The molecule has 0 saturated heterocycles. The standard InChI is InChI=1S/C17H18N2O3S/c1-2-3-7-17(16(20)21,12-6-8-23-10-12)22-13-4-5-14-15(9-13)19-11-18-14/h4-6,8-11H,2-3,7H2,1H3,(H,18,19)(H,20,21). The largest absolute Gasteiger partial charge is 0.478 e. The molecular weight excluding hydrogens is 312 g/mol. The normalized spacial score (nSPS) is 13.8. The van der Waals surface area contributed by atoms with Crippen LogP contribution in [0, 0.1) is 0 Å². The van der Waals surface area contributed by atoms with Crippen molar-refractivity contribution in [3.63, 3.8) is 0 Å². The predicted molar refractivity (Wildman–Crippen MR) is 89.9 cm³/mol. The number of unbranched alkanes of at least 4 members (excludes halogenated alkanes) is 1. The third-order valence-electron chi connectivity index (χ3n) is 3.90. The Morgan fingerprint density at radius 3 is 3.00 bits per heavy atom. The number of aromatic amines is 1. The van der Waals surface area contributed by atoms with Crippen molar-refractivity contribution in [3.05, 3.63) is 46.9 Å². The van der Waals surface area contributed by atoms with Gasteiger partial charge in [0, 0.05) is 18.1 Å². The second-order valence-electron chi connectivity index (χ2n) is 5.43. The third kappa shape index (κ3) is 2.94. The first-order chi connectivity index (χ1) is 11.2. The maximum absolute atomic E-state index is 12.1. The first kappa shape index (κ1) is 15.6. The van der Waals surface area contributed by atoms with Crippen LogP contribution in [0.4, 0.5) is 0 Å². The average Bonchev–Trinajstić information content (AvgIpc) is 3.21. The van der Waals surface area contributed by atoms with Crippen LogP contribution in [0.1, 0.15) is 31.7 Å². The number of rotatable bonds is 7. The zero-order valence-corrected chi connectivity index (χ0v) is 13.6. The predicted octanol–water partition coefficient (Wildman–Crippen LogP) is 4.17. The summed E-state index contributed by atoms with van der Waals surface area (Å²) in [7, 11) is 0. The molecule has 0 fully saturated rings. The van der Waals surface area contributed by atoms with Crippen molar-refractivity contribution in [1.82, 2.24) is 9.97 Å². The lowest BCUT2D eigenvalue weighted by Crippen LogP contribution is -2.41. The van der Waals surface area contributed by atoms with Gasteiger partial charge in [-0.2, -0.15) is 11.3 Å². The highest BCUT2D eigenvalue weighted by Gasteiger charge is 2.43. The van der Waals surface area contributed by atoms with Crippen LogP contribution >= 0.6 is 11.3 Å². The molecule has 0 aliphatic carbocycles. The van der Waals surface area contributed by atoms with Gasteiger partial charge in [0.1, 0.15) is 5.75 Å². The number of carboxylic acid groups (broad SMARTS) is 1. The van der Waals surface area contributed by atoms with Gasteiger partial charge in [0.25, 0.3) is 0 Å². The summed E-state index contributed by atoms with van der Waals surface area (Å²) in [6, 6.07) is 7.20. The average molecular weight is 330 g/mol. The number of carboxylic acids is 1. The van der Waals surface area contributed by atoms with Crippen molar-refractivity contribution in [3.8, 4) is 5.75 Å². The molecule has 1 atom stereocenters. The Balaban J connectivity index is 2.01. The molecule has 0 aliphatic rings. The van der Waals surface area contributed by atoms with E-state index in [9.17, 15) is 9.90 Å². The fourth-order valence-corrected chi connectivity index (χ4v) is 3.35. The number of thiophene rings is 1. The molecule has 0 spiro atoms. The summed E-state index contributed by atoms with van der Waals surface area (Å²) in [4.78, 5) is 19.3. The molecule has 3 aromatic rings. The summed E-state index contributed by atoms with van der Waals surface area (Å²) < 4.78 is 6.05. The molecular formula is C17H18N2O3S. The summed E-state index contributed by atoms with van der Waals surface area (Å²) in [5.74, 6) is -0.444. The van der Waals surface area contributed by atoms with Gasteiger partial charge in [-0.25, -0.2) is 9.78 Å². The second kappa shape index (κ2) is 6.42. The Morgan fingerprint density at radius 2 is 2.30 bits per heavy atom. The van der Waals surface area contributed by atoms with Gasteiger partial charge in [0.05, 0.1) is 17.4 Å². The minimum absolute atomic E-state index is 0.427.